The van der Waals surface area contributed by atoms with E-state index in [-0.39, 0.29) is 11.8 Å². The van der Waals surface area contributed by atoms with Crippen LogP contribution in [0.5, 0.6) is 0 Å². The zero-order valence-electron chi connectivity index (χ0n) is 15.7. The molecule has 0 aliphatic rings. The van der Waals surface area contributed by atoms with Crippen LogP contribution in [0.25, 0.3) is 0 Å². The highest BCUT2D eigenvalue weighted by atomic mass is 16.2. The SMILES string of the molecule is Cc1nc(N)ccc1CNC(=O)[C@H](C)NC(=O)[C@H](N)CCc1ccccc1. The molecular weight excluding hydrogens is 342 g/mol. The molecule has 2 rings (SSSR count). The van der Waals surface area contributed by atoms with Gasteiger partial charge in [0.2, 0.25) is 11.8 Å². The predicted octanol–water partition coefficient (Wildman–Crippen LogP) is 1.05. The Hall–Kier alpha value is -2.93. The van der Waals surface area contributed by atoms with Crippen LogP contribution in [0.1, 0.15) is 30.2 Å². The Balaban J connectivity index is 1.77. The maximum Gasteiger partial charge on any atom is 0.242 e. The molecule has 0 fully saturated rings. The van der Waals surface area contributed by atoms with Crippen molar-refractivity contribution in [2.75, 3.05) is 5.73 Å². The molecule has 0 aliphatic carbocycles. The molecule has 27 heavy (non-hydrogen) atoms. The van der Waals surface area contributed by atoms with E-state index in [9.17, 15) is 9.59 Å². The molecule has 1 heterocycles. The van der Waals surface area contributed by atoms with E-state index in [2.05, 4.69) is 15.6 Å². The van der Waals surface area contributed by atoms with Crippen molar-refractivity contribution < 1.29 is 9.59 Å². The topological polar surface area (TPSA) is 123 Å². The first-order valence-electron chi connectivity index (χ1n) is 8.96. The Morgan fingerprint density at radius 3 is 2.48 bits per heavy atom. The minimum Gasteiger partial charge on any atom is -0.384 e. The highest BCUT2D eigenvalue weighted by molar-refractivity contribution is 5.89. The fraction of sp³-hybridized carbons (Fsp3) is 0.350. The quantitative estimate of drug-likeness (QED) is 0.554. The van der Waals surface area contributed by atoms with Gasteiger partial charge in [-0.3, -0.25) is 9.59 Å². The Morgan fingerprint density at radius 1 is 1.11 bits per heavy atom. The first-order chi connectivity index (χ1) is 12.9. The number of carbonyl (C=O) groups is 2. The lowest BCUT2D eigenvalue weighted by Crippen LogP contribution is -2.50. The van der Waals surface area contributed by atoms with Crippen LogP contribution in [0, 0.1) is 6.92 Å². The van der Waals surface area contributed by atoms with Crippen molar-refractivity contribution in [3.05, 3.63) is 59.3 Å². The minimum atomic E-state index is -0.678. The first-order valence-corrected chi connectivity index (χ1v) is 8.96. The molecule has 0 unspecified atom stereocenters. The van der Waals surface area contributed by atoms with Gasteiger partial charge in [0.15, 0.2) is 0 Å². The fourth-order valence-corrected chi connectivity index (χ4v) is 2.62. The number of benzene rings is 1. The van der Waals surface area contributed by atoms with E-state index < -0.39 is 12.1 Å². The van der Waals surface area contributed by atoms with Gasteiger partial charge in [0, 0.05) is 12.2 Å². The highest BCUT2D eigenvalue weighted by Gasteiger charge is 2.20. The number of aromatic nitrogens is 1. The summed E-state index contributed by atoms with van der Waals surface area (Å²) in [5, 5.41) is 5.45. The number of rotatable bonds is 8. The van der Waals surface area contributed by atoms with Gasteiger partial charge in [-0.25, -0.2) is 4.98 Å². The fourth-order valence-electron chi connectivity index (χ4n) is 2.62. The largest absolute Gasteiger partial charge is 0.384 e. The van der Waals surface area contributed by atoms with Gasteiger partial charge in [0.05, 0.1) is 6.04 Å². The summed E-state index contributed by atoms with van der Waals surface area (Å²) >= 11 is 0. The third-order valence-corrected chi connectivity index (χ3v) is 4.35. The Bertz CT molecular complexity index is 779. The van der Waals surface area contributed by atoms with E-state index in [4.69, 9.17) is 11.5 Å². The lowest BCUT2D eigenvalue weighted by atomic mass is 10.1. The van der Waals surface area contributed by atoms with Crippen LogP contribution >= 0.6 is 0 Å². The molecule has 7 nitrogen and oxygen atoms in total. The number of hydrogen-bond acceptors (Lipinski definition) is 5. The van der Waals surface area contributed by atoms with Crippen molar-refractivity contribution >= 4 is 17.6 Å². The van der Waals surface area contributed by atoms with Gasteiger partial charge in [0.1, 0.15) is 11.9 Å². The number of carbonyl (C=O) groups excluding carboxylic acids is 2. The number of hydrogen-bond donors (Lipinski definition) is 4. The average molecular weight is 369 g/mol. The standard InChI is InChI=1S/C20H27N5O2/c1-13-16(9-11-18(22)24-13)12-23-19(26)14(2)25-20(27)17(21)10-8-15-6-4-3-5-7-15/h3-7,9,11,14,17H,8,10,12,21H2,1-2H3,(H2,22,24)(H,23,26)(H,25,27)/t14-,17+/m0/s1. The third-order valence-electron chi connectivity index (χ3n) is 4.35. The van der Waals surface area contributed by atoms with Crippen LogP contribution in [0.2, 0.25) is 0 Å². The van der Waals surface area contributed by atoms with Crippen molar-refractivity contribution in [2.24, 2.45) is 5.73 Å². The molecule has 0 spiro atoms. The first kappa shape index (κ1) is 20.4. The predicted molar refractivity (Wildman–Crippen MR) is 106 cm³/mol. The van der Waals surface area contributed by atoms with Crippen molar-refractivity contribution in [3.8, 4) is 0 Å². The molecule has 1 aromatic carbocycles. The number of nitrogens with two attached hydrogens (primary N) is 2. The van der Waals surface area contributed by atoms with Gasteiger partial charge < -0.3 is 22.1 Å². The van der Waals surface area contributed by atoms with Gasteiger partial charge in [-0.1, -0.05) is 36.4 Å². The summed E-state index contributed by atoms with van der Waals surface area (Å²) in [6, 6.07) is 12.0. The molecule has 0 saturated heterocycles. The summed E-state index contributed by atoms with van der Waals surface area (Å²) in [4.78, 5) is 28.6. The van der Waals surface area contributed by atoms with E-state index >= 15 is 0 Å². The highest BCUT2D eigenvalue weighted by Crippen LogP contribution is 2.08. The van der Waals surface area contributed by atoms with Gasteiger partial charge in [-0.2, -0.15) is 0 Å². The van der Waals surface area contributed by atoms with Gasteiger partial charge in [-0.05, 0) is 43.9 Å². The molecule has 2 aromatic rings. The minimum absolute atomic E-state index is 0.283. The van der Waals surface area contributed by atoms with Crippen LogP contribution in [0.3, 0.4) is 0 Å². The summed E-state index contributed by atoms with van der Waals surface area (Å²) in [6.07, 6.45) is 1.22. The van der Waals surface area contributed by atoms with Crippen molar-refractivity contribution in [1.29, 1.82) is 0 Å². The molecular formula is C20H27N5O2. The molecule has 7 heteroatoms. The zero-order valence-corrected chi connectivity index (χ0v) is 15.7. The number of anilines is 1. The molecule has 2 amide bonds. The Kier molecular flexibility index (Phi) is 7.31. The monoisotopic (exact) mass is 369 g/mol. The van der Waals surface area contributed by atoms with E-state index in [1.54, 1.807) is 13.0 Å². The molecule has 0 aliphatic heterocycles. The number of nitrogens with zero attached hydrogens (tertiary/aromatic N) is 1. The number of aryl methyl sites for hydroxylation is 2. The van der Waals surface area contributed by atoms with Crippen molar-refractivity contribution in [2.45, 2.75) is 45.3 Å². The second-order valence-corrected chi connectivity index (χ2v) is 6.56. The zero-order chi connectivity index (χ0) is 19.8. The number of nitrogens with one attached hydrogen (secondary N) is 2. The average Bonchev–Trinajstić information content (AvgIpc) is 2.65. The second-order valence-electron chi connectivity index (χ2n) is 6.56. The normalized spacial score (nSPS) is 12.9. The van der Waals surface area contributed by atoms with Crippen LogP contribution < -0.4 is 22.1 Å². The molecule has 2 atom stereocenters. The molecule has 0 radical (unpaired) electrons. The summed E-state index contributed by atoms with van der Waals surface area (Å²) in [6.45, 7) is 3.78. The summed E-state index contributed by atoms with van der Waals surface area (Å²) in [5.41, 5.74) is 14.3. The maximum atomic E-state index is 12.2. The summed E-state index contributed by atoms with van der Waals surface area (Å²) in [7, 11) is 0. The maximum absolute atomic E-state index is 12.2. The van der Waals surface area contributed by atoms with Crippen LogP contribution in [0.15, 0.2) is 42.5 Å². The molecule has 0 bridgehead atoms. The van der Waals surface area contributed by atoms with E-state index in [1.165, 1.54) is 0 Å². The molecule has 1 aromatic heterocycles. The number of pyridine rings is 1. The van der Waals surface area contributed by atoms with Gasteiger partial charge in [0.25, 0.3) is 0 Å². The Labute approximate surface area is 159 Å². The third kappa shape index (κ3) is 6.38. The van der Waals surface area contributed by atoms with E-state index in [0.29, 0.717) is 25.2 Å². The number of nitrogen functional groups attached to an aromatic ring is 1. The van der Waals surface area contributed by atoms with Gasteiger partial charge in [-0.15, -0.1) is 0 Å². The smallest absolute Gasteiger partial charge is 0.242 e. The molecule has 0 saturated carbocycles. The lowest BCUT2D eigenvalue weighted by Gasteiger charge is -2.18. The van der Waals surface area contributed by atoms with Crippen LogP contribution in [-0.4, -0.2) is 28.9 Å². The van der Waals surface area contributed by atoms with E-state index in [0.717, 1.165) is 16.8 Å². The van der Waals surface area contributed by atoms with E-state index in [1.807, 2.05) is 43.3 Å². The van der Waals surface area contributed by atoms with Crippen molar-refractivity contribution in [1.82, 2.24) is 15.6 Å². The lowest BCUT2D eigenvalue weighted by molar-refractivity contribution is -0.129. The summed E-state index contributed by atoms with van der Waals surface area (Å²) < 4.78 is 0. The number of amides is 2. The second kappa shape index (κ2) is 9.68. The summed E-state index contributed by atoms with van der Waals surface area (Å²) in [5.74, 6) is -0.179. The molecule has 144 valence electrons. The van der Waals surface area contributed by atoms with Crippen LogP contribution in [0.4, 0.5) is 5.82 Å². The van der Waals surface area contributed by atoms with Crippen molar-refractivity contribution in [3.63, 3.8) is 0 Å². The molecule has 6 N–H and O–H groups in total. The van der Waals surface area contributed by atoms with Gasteiger partial charge >= 0.3 is 0 Å². The van der Waals surface area contributed by atoms with Crippen LogP contribution in [-0.2, 0) is 22.6 Å². The Morgan fingerprint density at radius 2 is 1.81 bits per heavy atom.